The second-order valence-electron chi connectivity index (χ2n) is 8.81. The van der Waals surface area contributed by atoms with Crippen LogP contribution in [0.3, 0.4) is 0 Å². The standard InChI is InChI=1S/C27H48O8/c1-7-13-18-26(22(28)32-9-3,23(29)33-10-4)20-16-15-17-21-27(19-14-8-2,24(30)34-11-5)25(31)35-12-6/h7-21H2,1-6H3. The molecule has 0 amide bonds. The summed E-state index contributed by atoms with van der Waals surface area (Å²) in [6.07, 6.45) is 6.12. The van der Waals surface area contributed by atoms with Gasteiger partial charge in [-0.15, -0.1) is 0 Å². The Kier molecular flexibility index (Phi) is 17.1. The molecule has 0 heterocycles. The Morgan fingerprint density at radius 1 is 0.429 bits per heavy atom. The summed E-state index contributed by atoms with van der Waals surface area (Å²) in [5.41, 5.74) is -2.66. The van der Waals surface area contributed by atoms with E-state index in [-0.39, 0.29) is 26.4 Å². The molecule has 8 heteroatoms. The van der Waals surface area contributed by atoms with Crippen LogP contribution < -0.4 is 0 Å². The maximum atomic E-state index is 12.9. The van der Waals surface area contributed by atoms with Gasteiger partial charge in [-0.1, -0.05) is 58.8 Å². The molecule has 0 bridgehead atoms. The third kappa shape index (κ3) is 9.80. The smallest absolute Gasteiger partial charge is 0.323 e. The van der Waals surface area contributed by atoms with Crippen LogP contribution in [-0.4, -0.2) is 50.3 Å². The number of rotatable bonds is 20. The lowest BCUT2D eigenvalue weighted by molar-refractivity contribution is -0.174. The van der Waals surface area contributed by atoms with Crippen LogP contribution in [0.15, 0.2) is 0 Å². The molecule has 0 unspecified atom stereocenters. The van der Waals surface area contributed by atoms with Gasteiger partial charge >= 0.3 is 23.9 Å². The van der Waals surface area contributed by atoms with Crippen LogP contribution in [-0.2, 0) is 38.1 Å². The van der Waals surface area contributed by atoms with Gasteiger partial charge in [0.1, 0.15) is 0 Å². The highest BCUT2D eigenvalue weighted by Crippen LogP contribution is 2.38. The second kappa shape index (κ2) is 18.2. The third-order valence-corrected chi connectivity index (χ3v) is 6.29. The van der Waals surface area contributed by atoms with E-state index >= 15 is 0 Å². The maximum Gasteiger partial charge on any atom is 0.323 e. The number of hydrogen-bond acceptors (Lipinski definition) is 8. The van der Waals surface area contributed by atoms with Gasteiger partial charge < -0.3 is 18.9 Å². The summed E-state index contributed by atoms with van der Waals surface area (Å²) in [7, 11) is 0. The summed E-state index contributed by atoms with van der Waals surface area (Å²) in [6, 6.07) is 0. The molecular formula is C27H48O8. The molecule has 35 heavy (non-hydrogen) atoms. The molecule has 0 rings (SSSR count). The van der Waals surface area contributed by atoms with Crippen molar-refractivity contribution in [2.24, 2.45) is 10.8 Å². The summed E-state index contributed by atoms with van der Waals surface area (Å²) < 4.78 is 21.1. The van der Waals surface area contributed by atoms with Crippen LogP contribution in [0.25, 0.3) is 0 Å². The predicted molar refractivity (Wildman–Crippen MR) is 134 cm³/mol. The third-order valence-electron chi connectivity index (χ3n) is 6.29. The van der Waals surface area contributed by atoms with E-state index in [9.17, 15) is 19.2 Å². The predicted octanol–water partition coefficient (Wildman–Crippen LogP) is 5.54. The van der Waals surface area contributed by atoms with E-state index < -0.39 is 34.7 Å². The van der Waals surface area contributed by atoms with E-state index in [4.69, 9.17) is 18.9 Å². The second-order valence-corrected chi connectivity index (χ2v) is 8.81. The molecule has 0 aliphatic heterocycles. The molecule has 0 atom stereocenters. The molecule has 0 aliphatic carbocycles. The minimum atomic E-state index is -1.33. The van der Waals surface area contributed by atoms with Crippen molar-refractivity contribution in [3.8, 4) is 0 Å². The van der Waals surface area contributed by atoms with Crippen LogP contribution in [0.1, 0.15) is 112 Å². The van der Waals surface area contributed by atoms with Crippen LogP contribution in [0.2, 0.25) is 0 Å². The Morgan fingerprint density at radius 2 is 0.686 bits per heavy atom. The molecule has 0 aromatic rings. The number of carbonyl (C=O) groups excluding carboxylic acids is 4. The first-order valence-electron chi connectivity index (χ1n) is 13.4. The molecule has 0 aliphatic rings. The zero-order valence-corrected chi connectivity index (χ0v) is 22.9. The van der Waals surface area contributed by atoms with Crippen molar-refractivity contribution in [3.05, 3.63) is 0 Å². The number of ether oxygens (including phenoxy) is 4. The van der Waals surface area contributed by atoms with Crippen molar-refractivity contribution in [2.45, 2.75) is 112 Å². The molecule has 0 saturated carbocycles. The van der Waals surface area contributed by atoms with Crippen molar-refractivity contribution in [3.63, 3.8) is 0 Å². The quantitative estimate of drug-likeness (QED) is 0.0928. The Labute approximate surface area is 211 Å². The topological polar surface area (TPSA) is 105 Å². The van der Waals surface area contributed by atoms with E-state index in [0.717, 1.165) is 12.8 Å². The summed E-state index contributed by atoms with van der Waals surface area (Å²) in [4.78, 5) is 51.6. The lowest BCUT2D eigenvalue weighted by Gasteiger charge is -2.30. The first-order chi connectivity index (χ1) is 16.8. The molecule has 0 radical (unpaired) electrons. The van der Waals surface area contributed by atoms with Gasteiger partial charge in [0.2, 0.25) is 0 Å². The van der Waals surface area contributed by atoms with Crippen molar-refractivity contribution < 1.29 is 38.1 Å². The largest absolute Gasteiger partial charge is 0.465 e. The molecule has 8 nitrogen and oxygen atoms in total. The van der Waals surface area contributed by atoms with Gasteiger partial charge in [-0.3, -0.25) is 19.2 Å². The Morgan fingerprint density at radius 3 is 0.914 bits per heavy atom. The molecular weight excluding hydrogens is 452 g/mol. The summed E-state index contributed by atoms with van der Waals surface area (Å²) in [5.74, 6) is -2.16. The van der Waals surface area contributed by atoms with Gasteiger partial charge in [-0.25, -0.2) is 0 Å². The first-order valence-corrected chi connectivity index (χ1v) is 13.4. The molecule has 0 saturated heterocycles. The van der Waals surface area contributed by atoms with E-state index in [1.807, 2.05) is 13.8 Å². The zero-order chi connectivity index (χ0) is 26.7. The summed E-state index contributed by atoms with van der Waals surface area (Å²) in [5, 5.41) is 0. The van der Waals surface area contributed by atoms with Gasteiger partial charge in [0.15, 0.2) is 10.8 Å². The average molecular weight is 501 g/mol. The maximum absolute atomic E-state index is 12.9. The van der Waals surface area contributed by atoms with Gasteiger partial charge in [-0.05, 0) is 53.4 Å². The SMILES string of the molecule is CCCCC(CCCCCC(CCCC)(C(=O)OCC)C(=O)OCC)(C(=O)OCC)C(=O)OCC. The first kappa shape index (κ1) is 32.9. The molecule has 0 aromatic heterocycles. The van der Waals surface area contributed by atoms with Crippen molar-refractivity contribution in [1.82, 2.24) is 0 Å². The number of carbonyl (C=O) groups is 4. The summed E-state index contributed by atoms with van der Waals surface area (Å²) >= 11 is 0. The van der Waals surface area contributed by atoms with Gasteiger partial charge in [0.05, 0.1) is 26.4 Å². The fraction of sp³-hybridized carbons (Fsp3) is 0.852. The Balaban J connectivity index is 5.58. The summed E-state index contributed by atoms with van der Waals surface area (Å²) in [6.45, 7) is 11.6. The zero-order valence-electron chi connectivity index (χ0n) is 22.9. The van der Waals surface area contributed by atoms with E-state index in [0.29, 0.717) is 57.8 Å². The van der Waals surface area contributed by atoms with Crippen LogP contribution in [0, 0.1) is 10.8 Å². The van der Waals surface area contributed by atoms with Crippen molar-refractivity contribution in [1.29, 1.82) is 0 Å². The molecule has 0 N–H and O–H groups in total. The molecule has 204 valence electrons. The van der Waals surface area contributed by atoms with Crippen LogP contribution in [0.4, 0.5) is 0 Å². The highest BCUT2D eigenvalue weighted by Gasteiger charge is 2.49. The fourth-order valence-electron chi connectivity index (χ4n) is 4.30. The Bertz CT molecular complexity index is 553. The average Bonchev–Trinajstić information content (AvgIpc) is 2.83. The van der Waals surface area contributed by atoms with Crippen LogP contribution in [0.5, 0.6) is 0 Å². The monoisotopic (exact) mass is 500 g/mol. The number of esters is 4. The lowest BCUT2D eigenvalue weighted by Crippen LogP contribution is -2.43. The van der Waals surface area contributed by atoms with Gasteiger partial charge in [0.25, 0.3) is 0 Å². The number of hydrogen-bond donors (Lipinski definition) is 0. The highest BCUT2D eigenvalue weighted by atomic mass is 16.6. The number of unbranched alkanes of at least 4 members (excludes halogenated alkanes) is 4. The van der Waals surface area contributed by atoms with Crippen molar-refractivity contribution in [2.75, 3.05) is 26.4 Å². The minimum absolute atomic E-state index is 0.186. The van der Waals surface area contributed by atoms with Crippen LogP contribution >= 0.6 is 0 Å². The molecule has 0 fully saturated rings. The highest BCUT2D eigenvalue weighted by molar-refractivity contribution is 6.00. The normalized spacial score (nSPS) is 11.6. The van der Waals surface area contributed by atoms with E-state index in [1.165, 1.54) is 0 Å². The molecule has 0 aromatic carbocycles. The van der Waals surface area contributed by atoms with Gasteiger partial charge in [0, 0.05) is 0 Å². The van der Waals surface area contributed by atoms with E-state index in [1.54, 1.807) is 27.7 Å². The van der Waals surface area contributed by atoms with Gasteiger partial charge in [-0.2, -0.15) is 0 Å². The lowest BCUT2D eigenvalue weighted by atomic mass is 9.76. The fourth-order valence-corrected chi connectivity index (χ4v) is 4.30. The van der Waals surface area contributed by atoms with E-state index in [2.05, 4.69) is 0 Å². The molecule has 0 spiro atoms. The minimum Gasteiger partial charge on any atom is -0.465 e. The Hall–Kier alpha value is -2.12. The van der Waals surface area contributed by atoms with Crippen molar-refractivity contribution >= 4 is 23.9 Å².